The molecule has 4 rings (SSSR count). The Morgan fingerprint density at radius 2 is 1.72 bits per heavy atom. The SMILES string of the molecule is O=C1Nc2ccc(Cl)cc2/C1=C\N1CCN(c2cccc(Cl)c2)CC1. The maximum absolute atomic E-state index is 12.3. The summed E-state index contributed by atoms with van der Waals surface area (Å²) in [5, 5.41) is 4.27. The van der Waals surface area contributed by atoms with Crippen LogP contribution in [0.4, 0.5) is 11.4 Å². The average Bonchev–Trinajstić information content (AvgIpc) is 2.91. The molecule has 0 bridgehead atoms. The molecule has 0 radical (unpaired) electrons. The third-order valence-corrected chi connectivity index (χ3v) is 5.03. The number of carbonyl (C=O) groups excluding carboxylic acids is 1. The van der Waals surface area contributed by atoms with Crippen molar-refractivity contribution in [3.8, 4) is 0 Å². The summed E-state index contributed by atoms with van der Waals surface area (Å²) >= 11 is 12.2. The quantitative estimate of drug-likeness (QED) is 0.804. The first-order chi connectivity index (χ1) is 12.1. The molecule has 1 fully saturated rings. The first-order valence-electron chi connectivity index (χ1n) is 8.18. The van der Waals surface area contributed by atoms with E-state index in [0.717, 1.165) is 48.1 Å². The van der Waals surface area contributed by atoms with Crippen molar-refractivity contribution in [1.29, 1.82) is 0 Å². The molecule has 128 valence electrons. The highest BCUT2D eigenvalue weighted by Gasteiger charge is 2.26. The molecule has 0 aliphatic carbocycles. The smallest absolute Gasteiger partial charge is 0.257 e. The van der Waals surface area contributed by atoms with Gasteiger partial charge in [-0.15, -0.1) is 0 Å². The molecule has 2 heterocycles. The lowest BCUT2D eigenvalue weighted by Crippen LogP contribution is -2.44. The van der Waals surface area contributed by atoms with Crippen molar-refractivity contribution in [2.75, 3.05) is 36.4 Å². The van der Waals surface area contributed by atoms with E-state index in [1.807, 2.05) is 36.5 Å². The van der Waals surface area contributed by atoms with E-state index in [4.69, 9.17) is 23.2 Å². The van der Waals surface area contributed by atoms with Crippen molar-refractivity contribution < 1.29 is 4.79 Å². The van der Waals surface area contributed by atoms with Crippen LogP contribution in [-0.4, -0.2) is 37.0 Å². The zero-order chi connectivity index (χ0) is 17.4. The summed E-state index contributed by atoms with van der Waals surface area (Å²) < 4.78 is 0. The number of piperazine rings is 1. The number of halogens is 2. The average molecular weight is 374 g/mol. The van der Waals surface area contributed by atoms with E-state index in [1.54, 1.807) is 6.07 Å². The molecular formula is C19H17Cl2N3O. The summed E-state index contributed by atoms with van der Waals surface area (Å²) in [6.45, 7) is 3.46. The van der Waals surface area contributed by atoms with Gasteiger partial charge >= 0.3 is 0 Å². The van der Waals surface area contributed by atoms with Gasteiger partial charge in [0.2, 0.25) is 0 Å². The Labute approximate surface area is 156 Å². The van der Waals surface area contributed by atoms with Gasteiger partial charge in [0.25, 0.3) is 5.91 Å². The number of hydrogen-bond acceptors (Lipinski definition) is 3. The molecule has 2 aromatic carbocycles. The number of fused-ring (bicyclic) bond motifs is 1. The summed E-state index contributed by atoms with van der Waals surface area (Å²) in [4.78, 5) is 16.8. The molecule has 0 saturated carbocycles. The summed E-state index contributed by atoms with van der Waals surface area (Å²) in [5.41, 5.74) is 3.50. The van der Waals surface area contributed by atoms with Gasteiger partial charge < -0.3 is 15.1 Å². The molecule has 0 atom stereocenters. The molecular weight excluding hydrogens is 357 g/mol. The maximum atomic E-state index is 12.3. The van der Waals surface area contributed by atoms with Crippen LogP contribution in [0.5, 0.6) is 0 Å². The van der Waals surface area contributed by atoms with Gasteiger partial charge in [-0.2, -0.15) is 0 Å². The zero-order valence-electron chi connectivity index (χ0n) is 13.5. The topological polar surface area (TPSA) is 35.6 Å². The van der Waals surface area contributed by atoms with Crippen molar-refractivity contribution >= 4 is 46.1 Å². The molecule has 1 amide bonds. The molecule has 0 spiro atoms. The Bertz CT molecular complexity index is 857. The predicted octanol–water partition coefficient (Wildman–Crippen LogP) is 4.11. The fourth-order valence-electron chi connectivity index (χ4n) is 3.25. The lowest BCUT2D eigenvalue weighted by molar-refractivity contribution is -0.110. The molecule has 25 heavy (non-hydrogen) atoms. The minimum atomic E-state index is -0.0745. The Balaban J connectivity index is 1.49. The van der Waals surface area contributed by atoms with Gasteiger partial charge in [-0.25, -0.2) is 0 Å². The van der Waals surface area contributed by atoms with Crippen molar-refractivity contribution in [3.63, 3.8) is 0 Å². The molecule has 2 aliphatic heterocycles. The van der Waals surface area contributed by atoms with Gasteiger partial charge in [-0.05, 0) is 36.4 Å². The third kappa shape index (κ3) is 3.32. The highest BCUT2D eigenvalue weighted by molar-refractivity contribution is 6.34. The van der Waals surface area contributed by atoms with Crippen LogP contribution < -0.4 is 10.2 Å². The second-order valence-electron chi connectivity index (χ2n) is 6.19. The number of rotatable bonds is 2. The molecule has 1 N–H and O–H groups in total. The van der Waals surface area contributed by atoms with Gasteiger partial charge in [0.15, 0.2) is 0 Å². The number of nitrogens with zero attached hydrogens (tertiary/aromatic N) is 2. The van der Waals surface area contributed by atoms with Crippen LogP contribution in [0.25, 0.3) is 5.57 Å². The summed E-state index contributed by atoms with van der Waals surface area (Å²) in [7, 11) is 0. The number of hydrogen-bond donors (Lipinski definition) is 1. The molecule has 4 nitrogen and oxygen atoms in total. The lowest BCUT2D eigenvalue weighted by Gasteiger charge is -2.35. The van der Waals surface area contributed by atoms with E-state index >= 15 is 0 Å². The van der Waals surface area contributed by atoms with E-state index < -0.39 is 0 Å². The Morgan fingerprint density at radius 1 is 0.960 bits per heavy atom. The summed E-state index contributed by atoms with van der Waals surface area (Å²) in [6.07, 6.45) is 1.95. The van der Waals surface area contributed by atoms with Crippen LogP contribution in [0.1, 0.15) is 5.56 Å². The monoisotopic (exact) mass is 373 g/mol. The summed E-state index contributed by atoms with van der Waals surface area (Å²) in [6, 6.07) is 13.4. The van der Waals surface area contributed by atoms with Crippen LogP contribution >= 0.6 is 23.2 Å². The fraction of sp³-hybridized carbons (Fsp3) is 0.211. The van der Waals surface area contributed by atoms with E-state index in [0.29, 0.717) is 10.6 Å². The molecule has 1 saturated heterocycles. The number of benzene rings is 2. The van der Waals surface area contributed by atoms with Crippen molar-refractivity contribution in [2.24, 2.45) is 0 Å². The lowest BCUT2D eigenvalue weighted by atomic mass is 10.1. The standard InChI is InChI=1S/C19H17Cl2N3O/c20-13-2-1-3-15(10-13)24-8-6-23(7-9-24)12-17-16-11-14(21)4-5-18(16)22-19(17)25/h1-5,10-12H,6-9H2,(H,22,25)/b17-12+. The second kappa shape index (κ2) is 6.62. The second-order valence-corrected chi connectivity index (χ2v) is 7.06. The molecule has 2 aromatic rings. The van der Waals surface area contributed by atoms with Crippen LogP contribution in [0, 0.1) is 0 Å². The number of anilines is 2. The van der Waals surface area contributed by atoms with E-state index in [9.17, 15) is 4.79 Å². The highest BCUT2D eigenvalue weighted by Crippen LogP contribution is 2.34. The first kappa shape index (κ1) is 16.3. The first-order valence-corrected chi connectivity index (χ1v) is 8.93. The third-order valence-electron chi connectivity index (χ3n) is 4.56. The van der Waals surface area contributed by atoms with Crippen LogP contribution in [-0.2, 0) is 4.79 Å². The van der Waals surface area contributed by atoms with Crippen LogP contribution in [0.15, 0.2) is 48.7 Å². The number of amides is 1. The maximum Gasteiger partial charge on any atom is 0.257 e. The van der Waals surface area contributed by atoms with E-state index in [2.05, 4.69) is 21.2 Å². The van der Waals surface area contributed by atoms with Gasteiger partial charge in [0.1, 0.15) is 0 Å². The van der Waals surface area contributed by atoms with Crippen molar-refractivity contribution in [1.82, 2.24) is 4.90 Å². The predicted molar refractivity (Wildman–Crippen MR) is 103 cm³/mol. The van der Waals surface area contributed by atoms with Crippen LogP contribution in [0.3, 0.4) is 0 Å². The number of nitrogens with one attached hydrogen (secondary N) is 1. The van der Waals surface area contributed by atoms with Gasteiger partial charge in [0.05, 0.1) is 5.57 Å². The molecule has 0 unspecified atom stereocenters. The van der Waals surface area contributed by atoms with Gasteiger partial charge in [-0.3, -0.25) is 4.79 Å². The van der Waals surface area contributed by atoms with E-state index in [1.165, 1.54) is 0 Å². The van der Waals surface area contributed by atoms with Gasteiger partial charge in [-0.1, -0.05) is 29.3 Å². The minimum absolute atomic E-state index is 0.0745. The molecule has 6 heteroatoms. The zero-order valence-corrected chi connectivity index (χ0v) is 15.0. The fourth-order valence-corrected chi connectivity index (χ4v) is 3.61. The van der Waals surface area contributed by atoms with Crippen molar-refractivity contribution in [3.05, 3.63) is 64.3 Å². The van der Waals surface area contributed by atoms with Crippen molar-refractivity contribution in [2.45, 2.75) is 0 Å². The largest absolute Gasteiger partial charge is 0.373 e. The number of carbonyl (C=O) groups is 1. The van der Waals surface area contributed by atoms with Crippen LogP contribution in [0.2, 0.25) is 10.0 Å². The Kier molecular flexibility index (Phi) is 4.32. The minimum Gasteiger partial charge on any atom is -0.373 e. The molecule has 0 aromatic heterocycles. The Morgan fingerprint density at radius 3 is 2.48 bits per heavy atom. The van der Waals surface area contributed by atoms with Gasteiger partial charge in [0, 0.05) is 59.4 Å². The van der Waals surface area contributed by atoms with E-state index in [-0.39, 0.29) is 5.91 Å². The Hall–Kier alpha value is -2.17. The molecule has 2 aliphatic rings. The highest BCUT2D eigenvalue weighted by atomic mass is 35.5. The summed E-state index contributed by atoms with van der Waals surface area (Å²) in [5.74, 6) is -0.0745. The normalized spacial score (nSPS) is 18.5.